The summed E-state index contributed by atoms with van der Waals surface area (Å²) in [6, 6.07) is 6.17. The quantitative estimate of drug-likeness (QED) is 0.782. The average Bonchev–Trinajstić information content (AvgIpc) is 2.83. The number of nitrogens with one attached hydrogen (secondary N) is 1. The van der Waals surface area contributed by atoms with Crippen LogP contribution in [0.2, 0.25) is 0 Å². The molecule has 1 aliphatic heterocycles. The molecule has 0 saturated heterocycles. The lowest BCUT2D eigenvalue weighted by Gasteiger charge is -2.18. The molecule has 26 heavy (non-hydrogen) atoms. The fraction of sp³-hybridized carbons (Fsp3) is 0.550. The molecule has 3 rings (SSSR count). The molecule has 2 heterocycles. The van der Waals surface area contributed by atoms with Crippen molar-refractivity contribution in [3.8, 4) is 0 Å². The predicted octanol–water partition coefficient (Wildman–Crippen LogP) is 4.56. The highest BCUT2D eigenvalue weighted by atomic mass is 32.2. The second-order valence-electron chi connectivity index (χ2n) is 7.30. The Kier molecular flexibility index (Phi) is 6.01. The van der Waals surface area contributed by atoms with Crippen LogP contribution in [0.3, 0.4) is 0 Å². The summed E-state index contributed by atoms with van der Waals surface area (Å²) in [6.45, 7) is 9.22. The van der Waals surface area contributed by atoms with Gasteiger partial charge in [0.15, 0.2) is 5.16 Å². The number of rotatable bonds is 5. The number of hydrogen-bond acceptors (Lipinski definition) is 4. The normalized spacial score (nSPS) is 15.4. The SMILES string of the molecule is Cc1cccc(C(C)C)c1NC(=O)[C@@H](C)Sc1nnc2n1CCCCC2. The lowest BCUT2D eigenvalue weighted by Crippen LogP contribution is -2.24. The minimum absolute atomic E-state index is 0.0113. The number of carbonyl (C=O) groups is 1. The summed E-state index contributed by atoms with van der Waals surface area (Å²) < 4.78 is 2.19. The van der Waals surface area contributed by atoms with E-state index in [1.54, 1.807) is 0 Å². The van der Waals surface area contributed by atoms with Crippen molar-refractivity contribution >= 4 is 23.4 Å². The number of fused-ring (bicyclic) bond motifs is 1. The average molecular weight is 373 g/mol. The van der Waals surface area contributed by atoms with Crippen molar-refractivity contribution in [1.82, 2.24) is 14.8 Å². The zero-order valence-electron chi connectivity index (χ0n) is 16.1. The van der Waals surface area contributed by atoms with E-state index < -0.39 is 0 Å². The minimum Gasteiger partial charge on any atom is -0.325 e. The second kappa shape index (κ2) is 8.25. The number of amides is 1. The van der Waals surface area contributed by atoms with Gasteiger partial charge in [-0.15, -0.1) is 10.2 Å². The van der Waals surface area contributed by atoms with Gasteiger partial charge in [0.05, 0.1) is 5.25 Å². The topological polar surface area (TPSA) is 59.8 Å². The molecule has 0 spiro atoms. The van der Waals surface area contributed by atoms with E-state index in [2.05, 4.69) is 40.0 Å². The van der Waals surface area contributed by atoms with Gasteiger partial charge < -0.3 is 9.88 Å². The van der Waals surface area contributed by atoms with Gasteiger partial charge in [0.2, 0.25) is 5.91 Å². The summed E-state index contributed by atoms with van der Waals surface area (Å²) in [6.07, 6.45) is 4.54. The molecule has 2 aromatic rings. The number of anilines is 1. The fourth-order valence-electron chi connectivity index (χ4n) is 3.32. The third kappa shape index (κ3) is 4.11. The van der Waals surface area contributed by atoms with E-state index in [0.29, 0.717) is 5.92 Å². The Labute approximate surface area is 160 Å². The van der Waals surface area contributed by atoms with Gasteiger partial charge in [0.1, 0.15) is 5.82 Å². The second-order valence-corrected chi connectivity index (χ2v) is 8.61. The molecular formula is C20H28N4OS. The minimum atomic E-state index is -0.230. The first-order chi connectivity index (χ1) is 12.5. The highest BCUT2D eigenvalue weighted by Gasteiger charge is 2.22. The van der Waals surface area contributed by atoms with Crippen molar-refractivity contribution in [2.75, 3.05) is 5.32 Å². The van der Waals surface area contributed by atoms with Crippen LogP contribution in [-0.2, 0) is 17.8 Å². The zero-order valence-corrected chi connectivity index (χ0v) is 16.9. The highest BCUT2D eigenvalue weighted by molar-refractivity contribution is 8.00. The van der Waals surface area contributed by atoms with E-state index in [4.69, 9.17) is 0 Å². The number of para-hydroxylation sites is 1. The molecule has 1 aromatic carbocycles. The predicted molar refractivity (Wildman–Crippen MR) is 107 cm³/mol. The van der Waals surface area contributed by atoms with Crippen LogP contribution in [0.4, 0.5) is 5.69 Å². The lowest BCUT2D eigenvalue weighted by atomic mass is 9.98. The maximum Gasteiger partial charge on any atom is 0.237 e. The molecule has 1 atom stereocenters. The standard InChI is InChI=1S/C20H28N4OS/c1-13(2)16-10-8-9-14(3)18(16)21-19(25)15(4)26-20-23-22-17-11-6-5-7-12-24(17)20/h8-10,13,15H,5-7,11-12H2,1-4H3,(H,21,25)/t15-/m1/s1. The molecule has 140 valence electrons. The molecule has 0 unspecified atom stereocenters. The number of aryl methyl sites for hydroxylation is 2. The van der Waals surface area contributed by atoms with Crippen LogP contribution < -0.4 is 5.32 Å². The Bertz CT molecular complexity index is 784. The van der Waals surface area contributed by atoms with E-state index in [-0.39, 0.29) is 11.2 Å². The van der Waals surface area contributed by atoms with Gasteiger partial charge in [-0.1, -0.05) is 50.2 Å². The third-order valence-corrected chi connectivity index (χ3v) is 5.98. The van der Waals surface area contributed by atoms with Gasteiger partial charge in [-0.2, -0.15) is 0 Å². The monoisotopic (exact) mass is 372 g/mol. The number of carbonyl (C=O) groups excluding carboxylic acids is 1. The third-order valence-electron chi connectivity index (χ3n) is 4.90. The largest absolute Gasteiger partial charge is 0.325 e. The molecular weight excluding hydrogens is 344 g/mol. The summed E-state index contributed by atoms with van der Waals surface area (Å²) in [4.78, 5) is 12.8. The maximum absolute atomic E-state index is 12.8. The van der Waals surface area contributed by atoms with E-state index in [1.807, 2.05) is 26.0 Å². The van der Waals surface area contributed by atoms with Gasteiger partial charge in [0, 0.05) is 18.7 Å². The van der Waals surface area contributed by atoms with Crippen LogP contribution in [0.15, 0.2) is 23.4 Å². The van der Waals surface area contributed by atoms with Crippen LogP contribution >= 0.6 is 11.8 Å². The van der Waals surface area contributed by atoms with Crippen LogP contribution in [0.25, 0.3) is 0 Å². The summed E-state index contributed by atoms with van der Waals surface area (Å²) in [5, 5.41) is 12.4. The Balaban J connectivity index is 1.73. The van der Waals surface area contributed by atoms with Gasteiger partial charge in [-0.05, 0) is 43.7 Å². The molecule has 1 N–H and O–H groups in total. The molecule has 0 radical (unpaired) electrons. The van der Waals surface area contributed by atoms with E-state index in [9.17, 15) is 4.79 Å². The fourth-order valence-corrected chi connectivity index (χ4v) is 4.22. The first kappa shape index (κ1) is 19.0. The van der Waals surface area contributed by atoms with Gasteiger partial charge in [-0.3, -0.25) is 4.79 Å². The van der Waals surface area contributed by atoms with Crippen LogP contribution in [0.5, 0.6) is 0 Å². The van der Waals surface area contributed by atoms with Crippen LogP contribution in [0.1, 0.15) is 62.9 Å². The summed E-state index contributed by atoms with van der Waals surface area (Å²) in [7, 11) is 0. The zero-order chi connectivity index (χ0) is 18.7. The number of thioether (sulfide) groups is 1. The highest BCUT2D eigenvalue weighted by Crippen LogP contribution is 2.30. The van der Waals surface area contributed by atoms with Gasteiger partial charge >= 0.3 is 0 Å². The number of nitrogens with zero attached hydrogens (tertiary/aromatic N) is 3. The van der Waals surface area contributed by atoms with Crippen molar-refractivity contribution in [3.05, 3.63) is 35.2 Å². The van der Waals surface area contributed by atoms with E-state index in [0.717, 1.165) is 41.6 Å². The molecule has 0 fully saturated rings. The van der Waals surface area contributed by atoms with Crippen LogP contribution in [0, 0.1) is 6.92 Å². The Hall–Kier alpha value is -1.82. The molecule has 5 nitrogen and oxygen atoms in total. The molecule has 0 saturated carbocycles. The Morgan fingerprint density at radius 2 is 2.00 bits per heavy atom. The summed E-state index contributed by atoms with van der Waals surface area (Å²) >= 11 is 1.50. The van der Waals surface area contributed by atoms with Crippen molar-refractivity contribution in [2.45, 2.75) is 76.2 Å². The Morgan fingerprint density at radius 3 is 2.77 bits per heavy atom. The number of hydrogen-bond donors (Lipinski definition) is 1. The molecule has 1 aromatic heterocycles. The molecule has 0 aliphatic carbocycles. The molecule has 6 heteroatoms. The van der Waals surface area contributed by atoms with Gasteiger partial charge in [0.25, 0.3) is 0 Å². The van der Waals surface area contributed by atoms with Gasteiger partial charge in [-0.25, -0.2) is 0 Å². The van der Waals surface area contributed by atoms with Crippen molar-refractivity contribution in [2.24, 2.45) is 0 Å². The van der Waals surface area contributed by atoms with Crippen molar-refractivity contribution < 1.29 is 4.79 Å². The first-order valence-corrected chi connectivity index (χ1v) is 10.3. The lowest BCUT2D eigenvalue weighted by molar-refractivity contribution is -0.115. The smallest absolute Gasteiger partial charge is 0.237 e. The van der Waals surface area contributed by atoms with E-state index in [1.165, 1.54) is 30.2 Å². The van der Waals surface area contributed by atoms with Crippen LogP contribution in [-0.4, -0.2) is 25.9 Å². The van der Waals surface area contributed by atoms with Crippen molar-refractivity contribution in [3.63, 3.8) is 0 Å². The molecule has 1 aliphatic rings. The van der Waals surface area contributed by atoms with E-state index >= 15 is 0 Å². The Morgan fingerprint density at radius 1 is 1.19 bits per heavy atom. The molecule has 1 amide bonds. The number of aromatic nitrogens is 3. The summed E-state index contributed by atoms with van der Waals surface area (Å²) in [5.74, 6) is 1.43. The maximum atomic E-state index is 12.8. The van der Waals surface area contributed by atoms with Crippen molar-refractivity contribution in [1.29, 1.82) is 0 Å². The summed E-state index contributed by atoms with van der Waals surface area (Å²) in [5.41, 5.74) is 3.21. The first-order valence-electron chi connectivity index (χ1n) is 9.46. The molecule has 0 bridgehead atoms. The number of benzene rings is 1.